The lowest BCUT2D eigenvalue weighted by atomic mass is 10.1. The molecule has 0 fully saturated rings. The second kappa shape index (κ2) is 8.71. The zero-order chi connectivity index (χ0) is 11.6. The fourth-order valence-electron chi connectivity index (χ4n) is 1.79. The van der Waals surface area contributed by atoms with Crippen LogP contribution in [0.1, 0.15) is 51.6 Å². The lowest BCUT2D eigenvalue weighted by Crippen LogP contribution is -2.28. The van der Waals surface area contributed by atoms with Crippen molar-refractivity contribution in [3.05, 3.63) is 16.6 Å². The van der Waals surface area contributed by atoms with Crippen molar-refractivity contribution in [3.8, 4) is 0 Å². The lowest BCUT2D eigenvalue weighted by Gasteiger charge is -2.12. The highest BCUT2D eigenvalue weighted by Gasteiger charge is 2.01. The molecule has 1 N–H and O–H groups in total. The average molecular weight is 240 g/mol. The van der Waals surface area contributed by atoms with Crippen molar-refractivity contribution in [2.24, 2.45) is 0 Å². The highest BCUT2D eigenvalue weighted by molar-refractivity contribution is 7.07. The first kappa shape index (κ1) is 13.7. The molecule has 3 heteroatoms. The summed E-state index contributed by atoms with van der Waals surface area (Å²) in [7, 11) is 0. The van der Waals surface area contributed by atoms with Gasteiger partial charge in [-0.25, -0.2) is 4.98 Å². The van der Waals surface area contributed by atoms with Gasteiger partial charge in [0.25, 0.3) is 0 Å². The molecule has 1 aromatic heterocycles. The van der Waals surface area contributed by atoms with E-state index in [0.717, 1.165) is 13.0 Å². The Labute approximate surface area is 103 Å². The van der Waals surface area contributed by atoms with Gasteiger partial charge in [-0.05, 0) is 13.3 Å². The van der Waals surface area contributed by atoms with Crippen LogP contribution in [0.3, 0.4) is 0 Å². The second-order valence-electron chi connectivity index (χ2n) is 4.43. The van der Waals surface area contributed by atoms with Crippen LogP contribution in [0, 0.1) is 0 Å². The largest absolute Gasteiger partial charge is 0.314 e. The number of unbranched alkanes of at least 4 members (excludes halogenated alkanes) is 3. The quantitative estimate of drug-likeness (QED) is 0.667. The van der Waals surface area contributed by atoms with Crippen LogP contribution in [0.15, 0.2) is 10.9 Å². The third-order valence-electron chi connectivity index (χ3n) is 2.85. The van der Waals surface area contributed by atoms with Crippen LogP contribution in [0.5, 0.6) is 0 Å². The molecule has 0 radical (unpaired) electrons. The molecule has 0 saturated carbocycles. The van der Waals surface area contributed by atoms with Gasteiger partial charge in [-0.15, -0.1) is 11.3 Å². The topological polar surface area (TPSA) is 24.9 Å². The number of hydrogen-bond donors (Lipinski definition) is 1. The molecular formula is C13H24N2S. The van der Waals surface area contributed by atoms with Crippen LogP contribution in [0.25, 0.3) is 0 Å². The predicted octanol–water partition coefficient (Wildman–Crippen LogP) is 3.63. The molecule has 1 atom stereocenters. The number of nitrogens with zero attached hydrogens (tertiary/aromatic N) is 1. The third-order valence-corrected chi connectivity index (χ3v) is 3.48. The fraction of sp³-hybridized carbons (Fsp3) is 0.769. The Hall–Kier alpha value is -0.410. The van der Waals surface area contributed by atoms with Crippen molar-refractivity contribution in [1.29, 1.82) is 0 Å². The van der Waals surface area contributed by atoms with Crippen molar-refractivity contribution >= 4 is 11.3 Å². The van der Waals surface area contributed by atoms with Gasteiger partial charge in [0.05, 0.1) is 11.2 Å². The zero-order valence-corrected chi connectivity index (χ0v) is 11.4. The molecule has 0 aromatic carbocycles. The summed E-state index contributed by atoms with van der Waals surface area (Å²) in [4.78, 5) is 4.28. The maximum absolute atomic E-state index is 4.28. The fourth-order valence-corrected chi connectivity index (χ4v) is 2.38. The highest BCUT2D eigenvalue weighted by Crippen LogP contribution is 2.05. The van der Waals surface area contributed by atoms with E-state index < -0.39 is 0 Å². The SMILES string of the molecule is CCCCCCC(C)NCCc1cscn1. The molecule has 0 aliphatic carbocycles. The molecule has 92 valence electrons. The molecule has 0 bridgehead atoms. The number of rotatable bonds is 9. The summed E-state index contributed by atoms with van der Waals surface area (Å²) in [5, 5.41) is 5.69. The molecule has 1 aromatic rings. The van der Waals surface area contributed by atoms with Crippen molar-refractivity contribution in [1.82, 2.24) is 10.3 Å². The van der Waals surface area contributed by atoms with Gasteiger partial charge in [-0.3, -0.25) is 0 Å². The normalized spacial score (nSPS) is 12.9. The highest BCUT2D eigenvalue weighted by atomic mass is 32.1. The van der Waals surface area contributed by atoms with Crippen molar-refractivity contribution in [2.75, 3.05) is 6.54 Å². The Morgan fingerprint density at radius 1 is 1.38 bits per heavy atom. The van der Waals surface area contributed by atoms with Gasteiger partial charge in [0.1, 0.15) is 0 Å². The molecule has 16 heavy (non-hydrogen) atoms. The van der Waals surface area contributed by atoms with Crippen molar-refractivity contribution in [3.63, 3.8) is 0 Å². The van der Waals surface area contributed by atoms with E-state index in [1.54, 1.807) is 11.3 Å². The maximum atomic E-state index is 4.28. The molecule has 0 amide bonds. The summed E-state index contributed by atoms with van der Waals surface area (Å²) in [5.41, 5.74) is 3.12. The summed E-state index contributed by atoms with van der Waals surface area (Å²) in [5.74, 6) is 0. The number of thiazole rings is 1. The zero-order valence-electron chi connectivity index (χ0n) is 10.5. The Morgan fingerprint density at radius 2 is 2.25 bits per heavy atom. The van der Waals surface area contributed by atoms with Crippen LogP contribution < -0.4 is 5.32 Å². The lowest BCUT2D eigenvalue weighted by molar-refractivity contribution is 0.485. The van der Waals surface area contributed by atoms with E-state index >= 15 is 0 Å². The van der Waals surface area contributed by atoms with Gasteiger partial charge in [-0.2, -0.15) is 0 Å². The molecule has 1 unspecified atom stereocenters. The first-order valence-electron chi connectivity index (χ1n) is 6.43. The number of nitrogens with one attached hydrogen (secondary N) is 1. The summed E-state index contributed by atoms with van der Waals surface area (Å²) in [6.45, 7) is 5.60. The standard InChI is InChI=1S/C13H24N2S/c1-3-4-5-6-7-12(2)14-9-8-13-10-16-11-15-13/h10-12,14H,3-9H2,1-2H3. The number of aromatic nitrogens is 1. The predicted molar refractivity (Wildman–Crippen MR) is 72.0 cm³/mol. The van der Waals surface area contributed by atoms with E-state index in [9.17, 15) is 0 Å². The molecule has 0 aliphatic heterocycles. The van der Waals surface area contributed by atoms with Gasteiger partial charge >= 0.3 is 0 Å². The Balaban J connectivity index is 1.95. The van der Waals surface area contributed by atoms with Gasteiger partial charge in [0.2, 0.25) is 0 Å². The maximum Gasteiger partial charge on any atom is 0.0794 e. The van der Waals surface area contributed by atoms with Gasteiger partial charge in [-0.1, -0.05) is 32.6 Å². The number of hydrogen-bond acceptors (Lipinski definition) is 3. The van der Waals surface area contributed by atoms with Crippen LogP contribution in [0.4, 0.5) is 0 Å². The van der Waals surface area contributed by atoms with Crippen LogP contribution in [-0.4, -0.2) is 17.6 Å². The minimum atomic E-state index is 0.649. The van der Waals surface area contributed by atoms with E-state index in [1.165, 1.54) is 37.8 Å². The minimum absolute atomic E-state index is 0.649. The van der Waals surface area contributed by atoms with Crippen molar-refractivity contribution in [2.45, 2.75) is 58.4 Å². The van der Waals surface area contributed by atoms with Crippen LogP contribution in [0.2, 0.25) is 0 Å². The van der Waals surface area contributed by atoms with E-state index in [2.05, 4.69) is 29.5 Å². The van der Waals surface area contributed by atoms with Gasteiger partial charge in [0, 0.05) is 24.4 Å². The molecule has 0 saturated heterocycles. The van der Waals surface area contributed by atoms with E-state index in [1.807, 2.05) is 5.51 Å². The Morgan fingerprint density at radius 3 is 2.94 bits per heavy atom. The van der Waals surface area contributed by atoms with Crippen LogP contribution >= 0.6 is 11.3 Å². The van der Waals surface area contributed by atoms with E-state index in [-0.39, 0.29) is 0 Å². The molecule has 0 aliphatic rings. The average Bonchev–Trinajstić information content (AvgIpc) is 2.77. The van der Waals surface area contributed by atoms with Crippen molar-refractivity contribution < 1.29 is 0 Å². The summed E-state index contributed by atoms with van der Waals surface area (Å²) in [6.07, 6.45) is 7.81. The molecule has 1 heterocycles. The third kappa shape index (κ3) is 6.23. The molecule has 1 rings (SSSR count). The summed E-state index contributed by atoms with van der Waals surface area (Å²) in [6, 6.07) is 0.649. The summed E-state index contributed by atoms with van der Waals surface area (Å²) >= 11 is 1.68. The summed E-state index contributed by atoms with van der Waals surface area (Å²) < 4.78 is 0. The van der Waals surface area contributed by atoms with E-state index in [0.29, 0.717) is 6.04 Å². The Bertz CT molecular complexity index is 246. The van der Waals surface area contributed by atoms with Crippen LogP contribution in [-0.2, 0) is 6.42 Å². The van der Waals surface area contributed by atoms with Gasteiger partial charge in [0.15, 0.2) is 0 Å². The smallest absolute Gasteiger partial charge is 0.0794 e. The van der Waals surface area contributed by atoms with Gasteiger partial charge < -0.3 is 5.32 Å². The molecule has 0 spiro atoms. The second-order valence-corrected chi connectivity index (χ2v) is 5.15. The van der Waals surface area contributed by atoms with E-state index in [4.69, 9.17) is 0 Å². The molecule has 2 nitrogen and oxygen atoms in total. The minimum Gasteiger partial charge on any atom is -0.314 e. The first-order chi connectivity index (χ1) is 7.83. The molecular weight excluding hydrogens is 216 g/mol. The first-order valence-corrected chi connectivity index (χ1v) is 7.37. The monoisotopic (exact) mass is 240 g/mol. The Kier molecular flexibility index (Phi) is 7.43.